The summed E-state index contributed by atoms with van der Waals surface area (Å²) in [6.45, 7) is 0. The molecule has 0 aliphatic heterocycles. The third-order valence-electron chi connectivity index (χ3n) is 1.75. The SMILES string of the molecule is N[C@@H](Cc1ccccc1)C(=O)O.O=CP(=O)(O)O. The summed E-state index contributed by atoms with van der Waals surface area (Å²) >= 11 is 0. The van der Waals surface area contributed by atoms with E-state index >= 15 is 0 Å². The zero-order valence-corrected chi connectivity index (χ0v) is 10.2. The van der Waals surface area contributed by atoms with E-state index in [2.05, 4.69) is 0 Å². The number of rotatable bonds is 4. The third-order valence-corrected chi connectivity index (χ3v) is 2.03. The van der Waals surface area contributed by atoms with Gasteiger partial charge in [-0.15, -0.1) is 0 Å². The van der Waals surface area contributed by atoms with Crippen LogP contribution in [0.15, 0.2) is 30.3 Å². The van der Waals surface area contributed by atoms with E-state index in [1.807, 2.05) is 30.3 Å². The van der Waals surface area contributed by atoms with E-state index in [0.717, 1.165) is 5.56 Å². The molecule has 0 radical (unpaired) electrons. The number of carbonyl (C=O) groups is 2. The lowest BCUT2D eigenvalue weighted by Gasteiger charge is -2.04. The van der Waals surface area contributed by atoms with Crippen LogP contribution in [-0.4, -0.2) is 32.9 Å². The van der Waals surface area contributed by atoms with Crippen LogP contribution in [0.4, 0.5) is 0 Å². The van der Waals surface area contributed by atoms with Crippen molar-refractivity contribution in [2.24, 2.45) is 5.73 Å². The largest absolute Gasteiger partial charge is 0.480 e. The summed E-state index contributed by atoms with van der Waals surface area (Å²) in [6.07, 6.45) is 0.385. The van der Waals surface area contributed by atoms with Crippen molar-refractivity contribution in [2.75, 3.05) is 0 Å². The number of carboxylic acids is 1. The van der Waals surface area contributed by atoms with Crippen LogP contribution in [-0.2, 0) is 20.6 Å². The Labute approximate surface area is 103 Å². The molecule has 0 spiro atoms. The molecule has 0 saturated heterocycles. The quantitative estimate of drug-likeness (QED) is 0.448. The number of carbonyl (C=O) groups excluding carboxylic acids is 1. The molecule has 100 valence electrons. The molecule has 0 aliphatic carbocycles. The van der Waals surface area contributed by atoms with Crippen molar-refractivity contribution in [3.63, 3.8) is 0 Å². The molecule has 7 nitrogen and oxygen atoms in total. The van der Waals surface area contributed by atoms with E-state index < -0.39 is 25.6 Å². The average molecular weight is 275 g/mol. The van der Waals surface area contributed by atoms with Gasteiger partial charge >= 0.3 is 13.6 Å². The van der Waals surface area contributed by atoms with Crippen molar-refractivity contribution in [3.05, 3.63) is 35.9 Å². The molecule has 5 N–H and O–H groups in total. The molecule has 0 fully saturated rings. The van der Waals surface area contributed by atoms with Crippen LogP contribution < -0.4 is 5.73 Å². The van der Waals surface area contributed by atoms with Crippen LogP contribution in [0.1, 0.15) is 5.56 Å². The Morgan fingerprint density at radius 3 is 2.11 bits per heavy atom. The molecule has 1 aromatic rings. The van der Waals surface area contributed by atoms with Gasteiger partial charge in [0.1, 0.15) is 6.04 Å². The summed E-state index contributed by atoms with van der Waals surface area (Å²) in [7, 11) is -4.33. The molecular weight excluding hydrogens is 261 g/mol. The first-order valence-electron chi connectivity index (χ1n) is 4.80. The maximum Gasteiger partial charge on any atom is 0.388 e. The van der Waals surface area contributed by atoms with Crippen LogP contribution in [0, 0.1) is 0 Å². The van der Waals surface area contributed by atoms with Crippen molar-refractivity contribution in [3.8, 4) is 0 Å². The summed E-state index contributed by atoms with van der Waals surface area (Å²) in [5.74, 6) is -0.959. The predicted octanol–water partition coefficient (Wildman–Crippen LogP) is -0.00470. The van der Waals surface area contributed by atoms with Crippen LogP contribution >= 0.6 is 7.60 Å². The Hall–Kier alpha value is -1.53. The summed E-state index contributed by atoms with van der Waals surface area (Å²) in [5, 5.41) is 8.52. The molecule has 0 heterocycles. The molecule has 0 unspecified atom stereocenters. The summed E-state index contributed by atoms with van der Waals surface area (Å²) in [4.78, 5) is 34.6. The number of benzene rings is 1. The second-order valence-corrected chi connectivity index (χ2v) is 4.72. The van der Waals surface area contributed by atoms with Gasteiger partial charge in [0, 0.05) is 0 Å². The molecule has 1 atom stereocenters. The van der Waals surface area contributed by atoms with Crippen molar-refractivity contribution in [2.45, 2.75) is 12.5 Å². The molecule has 18 heavy (non-hydrogen) atoms. The van der Waals surface area contributed by atoms with Crippen molar-refractivity contribution < 1.29 is 29.0 Å². The topological polar surface area (TPSA) is 138 Å². The summed E-state index contributed by atoms with van der Waals surface area (Å²) < 4.78 is 9.33. The van der Waals surface area contributed by atoms with Gasteiger partial charge in [-0.3, -0.25) is 14.2 Å². The van der Waals surface area contributed by atoms with Gasteiger partial charge in [0.15, 0.2) is 0 Å². The van der Waals surface area contributed by atoms with E-state index in [1.54, 1.807) is 0 Å². The fourth-order valence-electron chi connectivity index (χ4n) is 0.955. The minimum absolute atomic E-state index is 0.385. The Morgan fingerprint density at radius 2 is 1.78 bits per heavy atom. The van der Waals surface area contributed by atoms with Gasteiger partial charge in [0.25, 0.3) is 0 Å². The Kier molecular flexibility index (Phi) is 7.07. The van der Waals surface area contributed by atoms with Gasteiger partial charge in [0.2, 0.25) is 6.03 Å². The number of carboxylic acid groups (broad SMARTS) is 1. The maximum atomic E-state index is 10.4. The van der Waals surface area contributed by atoms with Crippen LogP contribution in [0.25, 0.3) is 0 Å². The zero-order chi connectivity index (χ0) is 14.2. The first-order chi connectivity index (χ1) is 8.26. The Bertz CT molecular complexity index is 429. The van der Waals surface area contributed by atoms with E-state index in [0.29, 0.717) is 6.42 Å². The lowest BCUT2D eigenvalue weighted by atomic mass is 10.1. The number of aliphatic carboxylic acids is 1. The average Bonchev–Trinajstić information content (AvgIpc) is 2.30. The Morgan fingerprint density at radius 1 is 1.33 bits per heavy atom. The smallest absolute Gasteiger partial charge is 0.388 e. The molecule has 1 aromatic carbocycles. The first kappa shape index (κ1) is 16.5. The summed E-state index contributed by atoms with van der Waals surface area (Å²) in [5.41, 5.74) is 6.30. The second-order valence-electron chi connectivity index (χ2n) is 3.33. The van der Waals surface area contributed by atoms with Gasteiger partial charge in [-0.1, -0.05) is 30.3 Å². The highest BCUT2D eigenvalue weighted by Crippen LogP contribution is 2.28. The normalized spacial score (nSPS) is 11.9. The van der Waals surface area contributed by atoms with Crippen LogP contribution in [0.3, 0.4) is 0 Å². The van der Waals surface area contributed by atoms with Crippen LogP contribution in [0.2, 0.25) is 0 Å². The Balaban J connectivity index is 0.000000411. The number of nitrogens with two attached hydrogens (primary N) is 1. The van der Waals surface area contributed by atoms with Gasteiger partial charge in [0.05, 0.1) is 0 Å². The number of hydrogen-bond acceptors (Lipinski definition) is 4. The predicted molar refractivity (Wildman–Crippen MR) is 64.6 cm³/mol. The van der Waals surface area contributed by atoms with Crippen LogP contribution in [0.5, 0.6) is 0 Å². The first-order valence-corrected chi connectivity index (χ1v) is 6.48. The number of hydrogen-bond donors (Lipinski definition) is 4. The third kappa shape index (κ3) is 8.60. The monoisotopic (exact) mass is 275 g/mol. The molecule has 0 saturated carbocycles. The maximum absolute atomic E-state index is 10.4. The van der Waals surface area contributed by atoms with Crippen molar-refractivity contribution >= 4 is 19.6 Å². The minimum Gasteiger partial charge on any atom is -0.480 e. The molecule has 0 amide bonds. The molecule has 0 aliphatic rings. The molecule has 0 bridgehead atoms. The lowest BCUT2D eigenvalue weighted by molar-refractivity contribution is -0.138. The summed E-state index contributed by atoms with van der Waals surface area (Å²) in [6, 6.07) is 8.15. The van der Waals surface area contributed by atoms with Crippen molar-refractivity contribution in [1.29, 1.82) is 0 Å². The van der Waals surface area contributed by atoms with E-state index in [9.17, 15) is 9.36 Å². The fraction of sp³-hybridized carbons (Fsp3) is 0.200. The highest BCUT2D eigenvalue weighted by molar-refractivity contribution is 7.67. The van der Waals surface area contributed by atoms with Gasteiger partial charge in [-0.05, 0) is 12.0 Å². The van der Waals surface area contributed by atoms with E-state index in [1.165, 1.54) is 0 Å². The highest BCUT2D eigenvalue weighted by Gasteiger charge is 2.10. The van der Waals surface area contributed by atoms with Gasteiger partial charge in [-0.25, -0.2) is 0 Å². The van der Waals surface area contributed by atoms with Crippen molar-refractivity contribution in [1.82, 2.24) is 0 Å². The lowest BCUT2D eigenvalue weighted by Crippen LogP contribution is -2.32. The van der Waals surface area contributed by atoms with E-state index in [-0.39, 0.29) is 0 Å². The molecule has 1 rings (SSSR count). The molecular formula is C10H14NO6P. The van der Waals surface area contributed by atoms with E-state index in [4.69, 9.17) is 25.4 Å². The molecule has 0 aromatic heterocycles. The minimum atomic E-state index is -4.33. The zero-order valence-electron chi connectivity index (χ0n) is 9.34. The standard InChI is InChI=1S/C9H11NO2.CH3O4P/c10-8(9(11)12)6-7-4-2-1-3-5-7;2-1-6(3,4)5/h1-5,8H,6,10H2,(H,11,12);1H,(H2,3,4,5)/t8-;/m0./s1. The molecule has 8 heteroatoms. The highest BCUT2D eigenvalue weighted by atomic mass is 31.2. The fourth-order valence-corrected chi connectivity index (χ4v) is 0.955. The van der Waals surface area contributed by atoms with Gasteiger partial charge in [-0.2, -0.15) is 0 Å². The second kappa shape index (κ2) is 7.73. The van der Waals surface area contributed by atoms with Gasteiger partial charge < -0.3 is 20.6 Å².